The van der Waals surface area contributed by atoms with Gasteiger partial charge in [-0.3, -0.25) is 5.32 Å². The number of aliphatic hydroxyl groups excluding tert-OH is 1. The highest BCUT2D eigenvalue weighted by Crippen LogP contribution is 2.33. The summed E-state index contributed by atoms with van der Waals surface area (Å²) in [6.45, 7) is 11.6. The normalized spacial score (nSPS) is 20.5. The summed E-state index contributed by atoms with van der Waals surface area (Å²) in [5, 5.41) is 19.2. The molecule has 0 radical (unpaired) electrons. The third-order valence-electron chi connectivity index (χ3n) is 6.30. The Morgan fingerprint density at radius 3 is 2.47 bits per heavy atom. The van der Waals surface area contributed by atoms with Gasteiger partial charge < -0.3 is 24.5 Å². The summed E-state index contributed by atoms with van der Waals surface area (Å²) in [5.74, 6) is 0.272. The second kappa shape index (κ2) is 10.4. The largest absolute Gasteiger partial charge is 0.444 e. The number of hydrazine groups is 1. The Morgan fingerprint density at radius 2 is 1.87 bits per heavy atom. The lowest BCUT2D eigenvalue weighted by Crippen LogP contribution is -2.49. The minimum atomic E-state index is -0.671. The molecule has 2 aromatic rings. The highest BCUT2D eigenvalue weighted by atomic mass is 16.6. The zero-order chi connectivity index (χ0) is 27.8. The van der Waals surface area contributed by atoms with E-state index in [4.69, 9.17) is 14.5 Å². The van der Waals surface area contributed by atoms with Crippen LogP contribution in [-0.2, 0) is 9.47 Å². The van der Waals surface area contributed by atoms with E-state index >= 15 is 0 Å². The van der Waals surface area contributed by atoms with Gasteiger partial charge in [-0.2, -0.15) is 9.61 Å². The van der Waals surface area contributed by atoms with Gasteiger partial charge in [0.25, 0.3) is 0 Å². The van der Waals surface area contributed by atoms with Crippen molar-refractivity contribution in [3.63, 3.8) is 0 Å². The smallest absolute Gasteiger partial charge is 0.413 e. The van der Waals surface area contributed by atoms with Gasteiger partial charge in [0.15, 0.2) is 5.65 Å². The average molecular weight is 530 g/mol. The number of amides is 2. The average Bonchev–Trinajstić information content (AvgIpc) is 3.42. The van der Waals surface area contributed by atoms with E-state index in [2.05, 4.69) is 15.8 Å². The van der Waals surface area contributed by atoms with Crippen LogP contribution in [0.5, 0.6) is 0 Å². The van der Waals surface area contributed by atoms with Crippen molar-refractivity contribution in [2.24, 2.45) is 0 Å². The lowest BCUT2D eigenvalue weighted by Gasteiger charge is -2.39. The molecule has 0 unspecified atom stereocenters. The summed E-state index contributed by atoms with van der Waals surface area (Å²) in [4.78, 5) is 32.3. The molecule has 1 saturated heterocycles. The van der Waals surface area contributed by atoms with Crippen molar-refractivity contribution >= 4 is 29.2 Å². The number of piperidine rings is 1. The fourth-order valence-corrected chi connectivity index (χ4v) is 4.62. The molecule has 0 bridgehead atoms. The van der Waals surface area contributed by atoms with Crippen LogP contribution in [0.25, 0.3) is 11.2 Å². The quantitative estimate of drug-likeness (QED) is 0.545. The van der Waals surface area contributed by atoms with Crippen molar-refractivity contribution in [2.75, 3.05) is 32.1 Å². The second-order valence-corrected chi connectivity index (χ2v) is 11.8. The standard InChI is InChI=1S/C26H39N7O5/c1-25(2,3)37-23(35)30-21-10-20(29-22-19(12-28-33(21)22)17-11-27-31(7)13-17)16-8-9-18(15-34)32(14-16)24(36)38-26(4,5)6/h10,12-13,16,18,27,34H,8-9,11,14-15H2,1-7H3,(H,30,35)/t16-,18-/m0/s1. The number of likely N-dealkylation sites (tertiary alicyclic amines) is 1. The van der Waals surface area contributed by atoms with Gasteiger partial charge in [0.2, 0.25) is 0 Å². The van der Waals surface area contributed by atoms with Crippen LogP contribution in [0, 0.1) is 0 Å². The van der Waals surface area contributed by atoms with E-state index < -0.39 is 23.4 Å². The fourth-order valence-electron chi connectivity index (χ4n) is 4.62. The lowest BCUT2D eigenvalue weighted by atomic mass is 9.90. The monoisotopic (exact) mass is 529 g/mol. The van der Waals surface area contributed by atoms with Gasteiger partial charge >= 0.3 is 12.2 Å². The van der Waals surface area contributed by atoms with Crippen LogP contribution in [0.3, 0.4) is 0 Å². The minimum absolute atomic E-state index is 0.143. The molecule has 1 fully saturated rings. The highest BCUT2D eigenvalue weighted by molar-refractivity contribution is 5.85. The Bertz CT molecular complexity index is 1230. The highest BCUT2D eigenvalue weighted by Gasteiger charge is 2.36. The number of nitrogens with zero attached hydrogens (tertiary/aromatic N) is 5. The van der Waals surface area contributed by atoms with E-state index in [-0.39, 0.29) is 18.6 Å². The van der Waals surface area contributed by atoms with Crippen LogP contribution < -0.4 is 10.7 Å². The maximum atomic E-state index is 13.0. The molecule has 0 aromatic carbocycles. The molecule has 0 aliphatic carbocycles. The van der Waals surface area contributed by atoms with Gasteiger partial charge in [0.05, 0.1) is 24.5 Å². The number of nitrogens with one attached hydrogen (secondary N) is 2. The van der Waals surface area contributed by atoms with Crippen molar-refractivity contribution in [1.82, 2.24) is 29.9 Å². The predicted molar refractivity (Wildman–Crippen MR) is 142 cm³/mol. The first-order chi connectivity index (χ1) is 17.7. The molecule has 4 rings (SSSR count). The molecule has 2 aromatic heterocycles. The molecule has 4 heterocycles. The molecular formula is C26H39N7O5. The van der Waals surface area contributed by atoms with E-state index in [0.717, 1.165) is 11.1 Å². The lowest BCUT2D eigenvalue weighted by molar-refractivity contribution is -0.00119. The number of aromatic nitrogens is 3. The molecule has 12 heteroatoms. The number of aliphatic hydroxyl groups is 1. The van der Waals surface area contributed by atoms with Crippen LogP contribution in [-0.4, -0.2) is 85.8 Å². The van der Waals surface area contributed by atoms with Gasteiger partial charge in [0.1, 0.15) is 17.0 Å². The predicted octanol–water partition coefficient (Wildman–Crippen LogP) is 3.34. The molecule has 2 amide bonds. The Balaban J connectivity index is 1.72. The summed E-state index contributed by atoms with van der Waals surface area (Å²) < 4.78 is 12.7. The van der Waals surface area contributed by atoms with Crippen molar-refractivity contribution in [3.05, 3.63) is 29.7 Å². The Kier molecular flexibility index (Phi) is 7.57. The van der Waals surface area contributed by atoms with E-state index in [1.807, 2.05) is 39.0 Å². The first kappa shape index (κ1) is 27.6. The summed E-state index contributed by atoms with van der Waals surface area (Å²) in [5.41, 5.74) is 5.03. The molecule has 0 spiro atoms. The van der Waals surface area contributed by atoms with Gasteiger partial charge in [-0.25, -0.2) is 20.0 Å². The number of carbonyl (C=O) groups excluding carboxylic acids is 2. The number of ether oxygens (including phenoxy) is 2. The molecule has 3 N–H and O–H groups in total. The zero-order valence-corrected chi connectivity index (χ0v) is 23.2. The molecule has 38 heavy (non-hydrogen) atoms. The van der Waals surface area contributed by atoms with Crippen molar-refractivity contribution in [3.8, 4) is 0 Å². The Morgan fingerprint density at radius 1 is 1.16 bits per heavy atom. The number of rotatable bonds is 4. The zero-order valence-electron chi connectivity index (χ0n) is 23.2. The van der Waals surface area contributed by atoms with E-state index in [9.17, 15) is 14.7 Å². The number of hydrogen-bond acceptors (Lipinski definition) is 9. The molecule has 208 valence electrons. The van der Waals surface area contributed by atoms with Gasteiger partial charge in [-0.05, 0) is 60.0 Å². The summed E-state index contributed by atoms with van der Waals surface area (Å²) in [6.07, 6.45) is 3.93. The number of fused-ring (bicyclic) bond motifs is 1. The van der Waals surface area contributed by atoms with E-state index in [1.54, 1.807) is 42.4 Å². The maximum Gasteiger partial charge on any atom is 0.413 e. The van der Waals surface area contributed by atoms with Crippen LogP contribution >= 0.6 is 0 Å². The van der Waals surface area contributed by atoms with Crippen LogP contribution in [0.1, 0.15) is 71.6 Å². The molecule has 2 aliphatic rings. The number of carbonyl (C=O) groups is 2. The molecule has 12 nitrogen and oxygen atoms in total. The summed E-state index contributed by atoms with van der Waals surface area (Å²) in [6, 6.07) is 1.44. The third kappa shape index (κ3) is 6.36. The number of hydrogen-bond donors (Lipinski definition) is 3. The Labute approximate surface area is 222 Å². The van der Waals surface area contributed by atoms with Crippen molar-refractivity contribution in [2.45, 2.75) is 77.5 Å². The summed E-state index contributed by atoms with van der Waals surface area (Å²) in [7, 11) is 1.91. The van der Waals surface area contributed by atoms with E-state index in [0.29, 0.717) is 43.1 Å². The summed E-state index contributed by atoms with van der Waals surface area (Å²) >= 11 is 0. The fraction of sp³-hybridized carbons (Fsp3) is 0.615. The Hall–Kier alpha value is -3.38. The maximum absolute atomic E-state index is 13.0. The minimum Gasteiger partial charge on any atom is -0.444 e. The van der Waals surface area contributed by atoms with Crippen LogP contribution in [0.4, 0.5) is 15.4 Å². The first-order valence-electron chi connectivity index (χ1n) is 12.9. The topological polar surface area (TPSA) is 134 Å². The van der Waals surface area contributed by atoms with Crippen molar-refractivity contribution < 1.29 is 24.2 Å². The second-order valence-electron chi connectivity index (χ2n) is 11.8. The number of anilines is 1. The van der Waals surface area contributed by atoms with Crippen LogP contribution in [0.2, 0.25) is 0 Å². The molecule has 2 aliphatic heterocycles. The SMILES string of the molecule is CN1C=C(c2cnn3c(NC(=O)OC(C)(C)C)cc([C@H]4CC[C@@H](CO)N(C(=O)OC(C)(C)C)C4)nc23)CN1. The molecular weight excluding hydrogens is 490 g/mol. The first-order valence-corrected chi connectivity index (χ1v) is 12.9. The molecule has 2 atom stereocenters. The van der Waals surface area contributed by atoms with E-state index in [1.165, 1.54) is 0 Å². The van der Waals surface area contributed by atoms with Gasteiger partial charge in [-0.1, -0.05) is 0 Å². The van der Waals surface area contributed by atoms with Crippen molar-refractivity contribution in [1.29, 1.82) is 0 Å². The van der Waals surface area contributed by atoms with Gasteiger partial charge in [0, 0.05) is 43.9 Å². The third-order valence-corrected chi connectivity index (χ3v) is 6.30. The molecule has 0 saturated carbocycles. The van der Waals surface area contributed by atoms with Gasteiger partial charge in [-0.15, -0.1) is 0 Å². The van der Waals surface area contributed by atoms with Crippen LogP contribution in [0.15, 0.2) is 18.5 Å².